The first-order chi connectivity index (χ1) is 7.40. The van der Waals surface area contributed by atoms with Crippen molar-refractivity contribution in [3.05, 3.63) is 29.4 Å². The smallest absolute Gasteiger partial charge is 0.180 e. The van der Waals surface area contributed by atoms with Crippen LogP contribution in [0.5, 0.6) is 0 Å². The molecule has 2 aromatic rings. The lowest BCUT2D eigenvalue weighted by Crippen LogP contribution is -2.06. The quantitative estimate of drug-likeness (QED) is 0.880. The maximum Gasteiger partial charge on any atom is 0.180 e. The van der Waals surface area contributed by atoms with E-state index in [9.17, 15) is 0 Å². The minimum absolute atomic E-state index is 0.814. The average molecular weight is 238 g/mol. The van der Waals surface area contributed by atoms with Gasteiger partial charge in [0.05, 0.1) is 0 Å². The molecular formula is C9H10N4S2. The minimum Gasteiger partial charge on any atom is -0.316 e. The molecule has 0 saturated heterocycles. The predicted molar refractivity (Wildman–Crippen MR) is 61.0 cm³/mol. The van der Waals surface area contributed by atoms with E-state index < -0.39 is 0 Å². The van der Waals surface area contributed by atoms with E-state index in [-0.39, 0.29) is 0 Å². The Balaban J connectivity index is 2.20. The monoisotopic (exact) mass is 238 g/mol. The molecule has 0 unspecified atom stereocenters. The van der Waals surface area contributed by atoms with Gasteiger partial charge in [-0.1, -0.05) is 17.4 Å². The van der Waals surface area contributed by atoms with Gasteiger partial charge in [0.25, 0.3) is 0 Å². The van der Waals surface area contributed by atoms with Gasteiger partial charge >= 0.3 is 0 Å². The zero-order chi connectivity index (χ0) is 10.5. The third kappa shape index (κ3) is 2.74. The van der Waals surface area contributed by atoms with Crippen molar-refractivity contribution >= 4 is 23.1 Å². The van der Waals surface area contributed by atoms with Gasteiger partial charge in [0, 0.05) is 12.7 Å². The summed E-state index contributed by atoms with van der Waals surface area (Å²) in [6, 6.07) is 4.00. The summed E-state index contributed by atoms with van der Waals surface area (Å²) in [4.78, 5) is 4.33. The number of pyridine rings is 1. The maximum absolute atomic E-state index is 4.33. The molecule has 6 heteroatoms. The number of hydrogen-bond donors (Lipinski definition) is 1. The summed E-state index contributed by atoms with van der Waals surface area (Å²) in [5.74, 6) is 0. The summed E-state index contributed by atoms with van der Waals surface area (Å²) < 4.78 is 0.922. The van der Waals surface area contributed by atoms with Gasteiger partial charge in [0.2, 0.25) is 0 Å². The highest BCUT2D eigenvalue weighted by Gasteiger charge is 2.06. The first-order valence-electron chi connectivity index (χ1n) is 4.42. The Hall–Kier alpha value is -0.980. The van der Waals surface area contributed by atoms with Crippen LogP contribution in [0.2, 0.25) is 0 Å². The van der Waals surface area contributed by atoms with Crippen LogP contribution in [0.3, 0.4) is 0 Å². The predicted octanol–water partition coefficient (Wildman–Crippen LogP) is 1.80. The number of aromatic nitrogens is 3. The molecule has 0 aliphatic heterocycles. The standard InChI is InChI=1S/C9H10N4S2/c1-10-5-7-3-2-4-11-8(7)15-9-13-12-6-14-9/h2-4,6,10H,5H2,1H3. The summed E-state index contributed by atoms with van der Waals surface area (Å²) in [7, 11) is 1.92. The van der Waals surface area contributed by atoms with Crippen LogP contribution in [-0.2, 0) is 6.54 Å². The topological polar surface area (TPSA) is 50.7 Å². The lowest BCUT2D eigenvalue weighted by Gasteiger charge is -2.04. The number of nitrogens with one attached hydrogen (secondary N) is 1. The zero-order valence-corrected chi connectivity index (χ0v) is 9.81. The van der Waals surface area contributed by atoms with Crippen LogP contribution >= 0.6 is 23.1 Å². The van der Waals surface area contributed by atoms with Gasteiger partial charge in [-0.15, -0.1) is 10.2 Å². The van der Waals surface area contributed by atoms with Crippen LogP contribution in [0.25, 0.3) is 0 Å². The molecule has 0 saturated carbocycles. The van der Waals surface area contributed by atoms with Gasteiger partial charge in [0.15, 0.2) is 4.34 Å². The van der Waals surface area contributed by atoms with Crippen LogP contribution in [0.15, 0.2) is 33.2 Å². The van der Waals surface area contributed by atoms with E-state index in [1.165, 1.54) is 16.9 Å². The molecule has 0 aromatic carbocycles. The molecule has 2 aromatic heterocycles. The van der Waals surface area contributed by atoms with Crippen LogP contribution in [0.1, 0.15) is 5.56 Å². The Labute approximate surface area is 96.2 Å². The minimum atomic E-state index is 0.814. The van der Waals surface area contributed by atoms with Crippen molar-refractivity contribution in [3.63, 3.8) is 0 Å². The molecule has 0 fully saturated rings. The van der Waals surface area contributed by atoms with Crippen molar-refractivity contribution in [1.82, 2.24) is 20.5 Å². The molecular weight excluding hydrogens is 228 g/mol. The summed E-state index contributed by atoms with van der Waals surface area (Å²) in [6.07, 6.45) is 1.79. The van der Waals surface area contributed by atoms with Crippen molar-refractivity contribution in [3.8, 4) is 0 Å². The Morgan fingerprint density at radius 3 is 3.20 bits per heavy atom. The van der Waals surface area contributed by atoms with Crippen LogP contribution < -0.4 is 5.32 Å². The third-order valence-electron chi connectivity index (χ3n) is 1.74. The molecule has 15 heavy (non-hydrogen) atoms. The summed E-state index contributed by atoms with van der Waals surface area (Å²) in [5.41, 5.74) is 2.91. The molecule has 0 aliphatic rings. The van der Waals surface area contributed by atoms with Crippen molar-refractivity contribution in [2.24, 2.45) is 0 Å². The van der Waals surface area contributed by atoms with Crippen LogP contribution in [-0.4, -0.2) is 22.2 Å². The average Bonchev–Trinajstić information content (AvgIpc) is 2.74. The maximum atomic E-state index is 4.33. The summed E-state index contributed by atoms with van der Waals surface area (Å²) in [5, 5.41) is 11.9. The number of hydrogen-bond acceptors (Lipinski definition) is 6. The SMILES string of the molecule is CNCc1cccnc1Sc1nncs1. The highest BCUT2D eigenvalue weighted by Crippen LogP contribution is 2.29. The van der Waals surface area contributed by atoms with Gasteiger partial charge in [-0.05, 0) is 30.4 Å². The highest BCUT2D eigenvalue weighted by atomic mass is 32.2. The van der Waals surface area contributed by atoms with Gasteiger partial charge in [0.1, 0.15) is 10.5 Å². The molecule has 0 radical (unpaired) electrons. The second-order valence-electron chi connectivity index (χ2n) is 2.80. The van der Waals surface area contributed by atoms with Gasteiger partial charge < -0.3 is 5.32 Å². The molecule has 0 spiro atoms. The first-order valence-corrected chi connectivity index (χ1v) is 6.12. The van der Waals surface area contributed by atoms with Gasteiger partial charge in [-0.25, -0.2) is 4.98 Å². The Bertz CT molecular complexity index is 416. The van der Waals surface area contributed by atoms with E-state index in [4.69, 9.17) is 0 Å². The molecule has 0 aliphatic carbocycles. The molecule has 1 N–H and O–H groups in total. The molecule has 78 valence electrons. The van der Waals surface area contributed by atoms with Crippen molar-refractivity contribution in [2.45, 2.75) is 15.9 Å². The van der Waals surface area contributed by atoms with Gasteiger partial charge in [-0.3, -0.25) is 0 Å². The van der Waals surface area contributed by atoms with E-state index in [1.807, 2.05) is 13.1 Å². The molecule has 0 bridgehead atoms. The normalized spacial score (nSPS) is 10.5. The third-order valence-corrected chi connectivity index (χ3v) is 3.58. The van der Waals surface area contributed by atoms with E-state index in [0.717, 1.165) is 15.9 Å². The molecule has 0 atom stereocenters. The van der Waals surface area contributed by atoms with E-state index in [2.05, 4.69) is 26.6 Å². The lowest BCUT2D eigenvalue weighted by atomic mass is 10.3. The first kappa shape index (κ1) is 10.5. The molecule has 2 rings (SSSR count). The number of nitrogens with zero attached hydrogens (tertiary/aromatic N) is 3. The molecule has 0 amide bonds. The second kappa shape index (κ2) is 5.20. The fourth-order valence-electron chi connectivity index (χ4n) is 1.13. The number of rotatable bonds is 4. The van der Waals surface area contributed by atoms with E-state index in [0.29, 0.717) is 0 Å². The van der Waals surface area contributed by atoms with E-state index in [1.54, 1.807) is 23.5 Å². The van der Waals surface area contributed by atoms with Crippen molar-refractivity contribution < 1.29 is 0 Å². The molecule has 4 nitrogen and oxygen atoms in total. The van der Waals surface area contributed by atoms with Crippen molar-refractivity contribution in [2.75, 3.05) is 7.05 Å². The lowest BCUT2D eigenvalue weighted by molar-refractivity contribution is 0.789. The Morgan fingerprint density at radius 1 is 1.53 bits per heavy atom. The summed E-state index contributed by atoms with van der Waals surface area (Å²) in [6.45, 7) is 0.814. The van der Waals surface area contributed by atoms with Gasteiger partial charge in [-0.2, -0.15) is 0 Å². The summed E-state index contributed by atoms with van der Waals surface area (Å²) >= 11 is 3.08. The van der Waals surface area contributed by atoms with Crippen LogP contribution in [0.4, 0.5) is 0 Å². The van der Waals surface area contributed by atoms with E-state index >= 15 is 0 Å². The highest BCUT2D eigenvalue weighted by molar-refractivity contribution is 8.01. The Kier molecular flexibility index (Phi) is 3.65. The zero-order valence-electron chi connectivity index (χ0n) is 8.17. The molecule has 2 heterocycles. The fraction of sp³-hybridized carbons (Fsp3) is 0.222. The van der Waals surface area contributed by atoms with Crippen LogP contribution in [0, 0.1) is 0 Å². The second-order valence-corrected chi connectivity index (χ2v) is 4.87. The van der Waals surface area contributed by atoms with Crippen molar-refractivity contribution in [1.29, 1.82) is 0 Å². The fourth-order valence-corrected chi connectivity index (χ4v) is 2.61. The Morgan fingerprint density at radius 2 is 2.47 bits per heavy atom. The largest absolute Gasteiger partial charge is 0.316 e.